The highest BCUT2D eigenvalue weighted by Crippen LogP contribution is 2.20. The van der Waals surface area contributed by atoms with Gasteiger partial charge in [-0.3, -0.25) is 9.59 Å². The number of carbonyl (C=O) groups is 2. The number of carbonyl (C=O) groups excluding carboxylic acids is 2. The minimum Gasteiger partial charge on any atom is -0.462 e. The molecule has 1 atom stereocenters. The summed E-state index contributed by atoms with van der Waals surface area (Å²) in [6.07, 6.45) is 93.9. The van der Waals surface area contributed by atoms with Crippen molar-refractivity contribution in [3.05, 3.63) is 24.3 Å². The van der Waals surface area contributed by atoms with Gasteiger partial charge >= 0.3 is 11.9 Å². The molecular formula is C75H144O5. The second kappa shape index (κ2) is 71.6. The van der Waals surface area contributed by atoms with Gasteiger partial charge in [0.2, 0.25) is 0 Å². The molecule has 0 heterocycles. The van der Waals surface area contributed by atoms with Gasteiger partial charge < -0.3 is 14.6 Å². The molecule has 0 saturated heterocycles. The summed E-state index contributed by atoms with van der Waals surface area (Å²) in [6, 6.07) is 0. The van der Waals surface area contributed by atoms with E-state index in [2.05, 4.69) is 38.2 Å². The van der Waals surface area contributed by atoms with Crippen LogP contribution in [-0.4, -0.2) is 36.4 Å². The molecule has 0 rings (SSSR count). The Morgan fingerprint density at radius 2 is 0.500 bits per heavy atom. The van der Waals surface area contributed by atoms with Gasteiger partial charge in [-0.15, -0.1) is 0 Å². The van der Waals surface area contributed by atoms with Crippen molar-refractivity contribution in [1.29, 1.82) is 0 Å². The summed E-state index contributed by atoms with van der Waals surface area (Å²) in [7, 11) is 0. The second-order valence-electron chi connectivity index (χ2n) is 25.4. The van der Waals surface area contributed by atoms with Gasteiger partial charge in [0.15, 0.2) is 6.10 Å². The predicted molar refractivity (Wildman–Crippen MR) is 353 cm³/mol. The molecule has 0 fully saturated rings. The van der Waals surface area contributed by atoms with E-state index in [0.29, 0.717) is 12.8 Å². The largest absolute Gasteiger partial charge is 0.462 e. The zero-order chi connectivity index (χ0) is 57.6. The normalized spacial score (nSPS) is 12.2. The van der Waals surface area contributed by atoms with Crippen LogP contribution in [0.5, 0.6) is 0 Å². The summed E-state index contributed by atoms with van der Waals surface area (Å²) in [4.78, 5) is 24.7. The van der Waals surface area contributed by atoms with E-state index in [1.54, 1.807) is 0 Å². The van der Waals surface area contributed by atoms with Crippen molar-refractivity contribution in [3.8, 4) is 0 Å². The standard InChI is InChI=1S/C75H144O5/c1-3-5-7-9-11-13-15-17-19-21-23-25-27-29-31-33-35-37-39-41-43-45-47-49-51-53-55-57-59-61-63-65-67-69-74(77)79-72-73(71-76)80-75(78)70-68-66-64-62-60-58-56-54-52-50-48-46-44-42-40-38-36-34-32-30-28-26-24-22-20-18-16-14-12-10-8-6-4-2/h16,18,22,24,73,76H,3-15,17,19-21,23,25-72H2,1-2H3/b18-16-,24-22-. The monoisotopic (exact) mass is 1130 g/mol. The molecule has 0 aliphatic rings. The molecular weight excluding hydrogens is 981 g/mol. The van der Waals surface area contributed by atoms with E-state index in [0.717, 1.165) is 38.5 Å². The van der Waals surface area contributed by atoms with Crippen molar-refractivity contribution in [2.75, 3.05) is 13.2 Å². The number of unbranched alkanes of at least 4 members (excludes halogenated alkanes) is 58. The Balaban J connectivity index is 3.36. The van der Waals surface area contributed by atoms with Gasteiger partial charge in [0, 0.05) is 12.8 Å². The molecule has 0 aromatic rings. The number of rotatable bonds is 70. The van der Waals surface area contributed by atoms with E-state index in [-0.39, 0.29) is 25.2 Å². The van der Waals surface area contributed by atoms with E-state index in [4.69, 9.17) is 9.47 Å². The fourth-order valence-corrected chi connectivity index (χ4v) is 11.7. The first-order valence-corrected chi connectivity index (χ1v) is 36.9. The third-order valence-electron chi connectivity index (χ3n) is 17.2. The number of allylic oxidation sites excluding steroid dienone is 4. The summed E-state index contributed by atoms with van der Waals surface area (Å²) < 4.78 is 10.8. The molecule has 0 bridgehead atoms. The van der Waals surface area contributed by atoms with Crippen molar-refractivity contribution in [3.63, 3.8) is 0 Å². The number of aliphatic hydroxyl groups is 1. The van der Waals surface area contributed by atoms with Crippen LogP contribution in [0.4, 0.5) is 0 Å². The van der Waals surface area contributed by atoms with Crippen molar-refractivity contribution < 1.29 is 24.2 Å². The van der Waals surface area contributed by atoms with Crippen LogP contribution < -0.4 is 0 Å². The summed E-state index contributed by atoms with van der Waals surface area (Å²) in [6.45, 7) is 4.21. The number of aliphatic hydroxyl groups excluding tert-OH is 1. The molecule has 5 heteroatoms. The highest BCUT2D eigenvalue weighted by molar-refractivity contribution is 5.70. The fourth-order valence-electron chi connectivity index (χ4n) is 11.7. The maximum atomic E-state index is 12.4. The topological polar surface area (TPSA) is 72.8 Å². The molecule has 0 aromatic heterocycles. The first kappa shape index (κ1) is 78.4. The number of esters is 2. The third kappa shape index (κ3) is 68.9. The van der Waals surface area contributed by atoms with Crippen LogP contribution in [0.2, 0.25) is 0 Å². The SMILES string of the molecule is CCCCCCC/C=C\C/C=C\CCCCCCCCCCCCCCCCCCCCCCCC(=O)OC(CO)COC(=O)CCCCCCCCCCCCCCCCCCCCCCCCCCCCCCCCCCC. The molecule has 0 amide bonds. The van der Waals surface area contributed by atoms with Gasteiger partial charge in [0.1, 0.15) is 6.61 Å². The first-order chi connectivity index (χ1) is 39.6. The minimum atomic E-state index is -0.768. The van der Waals surface area contributed by atoms with Crippen molar-refractivity contribution in [1.82, 2.24) is 0 Å². The highest BCUT2D eigenvalue weighted by atomic mass is 16.6. The Labute approximate surface area is 502 Å². The highest BCUT2D eigenvalue weighted by Gasteiger charge is 2.16. The van der Waals surface area contributed by atoms with Crippen LogP contribution in [0.15, 0.2) is 24.3 Å². The number of ether oxygens (including phenoxy) is 2. The van der Waals surface area contributed by atoms with Crippen LogP contribution in [0.25, 0.3) is 0 Å². The van der Waals surface area contributed by atoms with Gasteiger partial charge in [0.05, 0.1) is 6.61 Å². The van der Waals surface area contributed by atoms with Crippen molar-refractivity contribution >= 4 is 11.9 Å². The lowest BCUT2D eigenvalue weighted by Crippen LogP contribution is -2.28. The van der Waals surface area contributed by atoms with Gasteiger partial charge in [0.25, 0.3) is 0 Å². The lowest BCUT2D eigenvalue weighted by Gasteiger charge is -2.15. The molecule has 0 spiro atoms. The third-order valence-corrected chi connectivity index (χ3v) is 17.2. The van der Waals surface area contributed by atoms with E-state index in [9.17, 15) is 14.7 Å². The van der Waals surface area contributed by atoms with Gasteiger partial charge in [-0.05, 0) is 44.9 Å². The Morgan fingerprint density at radius 3 is 0.738 bits per heavy atom. The molecule has 0 saturated carbocycles. The van der Waals surface area contributed by atoms with Crippen LogP contribution in [-0.2, 0) is 19.1 Å². The smallest absolute Gasteiger partial charge is 0.306 e. The van der Waals surface area contributed by atoms with Crippen LogP contribution in [0.3, 0.4) is 0 Å². The molecule has 0 radical (unpaired) electrons. The van der Waals surface area contributed by atoms with Crippen LogP contribution in [0.1, 0.15) is 425 Å². The molecule has 1 N–H and O–H groups in total. The average molecular weight is 1130 g/mol. The van der Waals surface area contributed by atoms with Gasteiger partial charge in [-0.1, -0.05) is 391 Å². The zero-order valence-corrected chi connectivity index (χ0v) is 54.6. The molecule has 5 nitrogen and oxygen atoms in total. The van der Waals surface area contributed by atoms with E-state index in [1.165, 1.54) is 360 Å². The van der Waals surface area contributed by atoms with Crippen LogP contribution >= 0.6 is 0 Å². The Kier molecular flexibility index (Phi) is 70.2. The van der Waals surface area contributed by atoms with E-state index < -0.39 is 6.10 Å². The second-order valence-corrected chi connectivity index (χ2v) is 25.4. The fraction of sp³-hybridized carbons (Fsp3) is 0.920. The van der Waals surface area contributed by atoms with Crippen molar-refractivity contribution in [2.24, 2.45) is 0 Å². The average Bonchev–Trinajstić information content (AvgIpc) is 3.46. The minimum absolute atomic E-state index is 0.0574. The molecule has 1 unspecified atom stereocenters. The lowest BCUT2D eigenvalue weighted by atomic mass is 10.0. The predicted octanol–water partition coefficient (Wildman–Crippen LogP) is 25.6. The maximum Gasteiger partial charge on any atom is 0.306 e. The Hall–Kier alpha value is -1.62. The van der Waals surface area contributed by atoms with E-state index >= 15 is 0 Å². The van der Waals surface area contributed by atoms with Gasteiger partial charge in [-0.2, -0.15) is 0 Å². The first-order valence-electron chi connectivity index (χ1n) is 36.9. The molecule has 0 aliphatic heterocycles. The van der Waals surface area contributed by atoms with Gasteiger partial charge in [-0.25, -0.2) is 0 Å². The zero-order valence-electron chi connectivity index (χ0n) is 54.6. The molecule has 474 valence electrons. The quantitative estimate of drug-likeness (QED) is 0.0373. The van der Waals surface area contributed by atoms with E-state index in [1.807, 2.05) is 0 Å². The summed E-state index contributed by atoms with van der Waals surface area (Å²) in [5.74, 6) is -0.561. The van der Waals surface area contributed by atoms with Crippen molar-refractivity contribution in [2.45, 2.75) is 431 Å². The molecule has 80 heavy (non-hydrogen) atoms. The summed E-state index contributed by atoms with van der Waals surface area (Å²) in [5.41, 5.74) is 0. The summed E-state index contributed by atoms with van der Waals surface area (Å²) in [5, 5.41) is 9.71. The number of hydrogen-bond acceptors (Lipinski definition) is 5. The summed E-state index contributed by atoms with van der Waals surface area (Å²) >= 11 is 0. The number of hydrogen-bond donors (Lipinski definition) is 1. The lowest BCUT2D eigenvalue weighted by molar-refractivity contribution is -0.161. The Morgan fingerprint density at radius 1 is 0.287 bits per heavy atom. The molecule has 0 aliphatic carbocycles. The van der Waals surface area contributed by atoms with Crippen LogP contribution in [0, 0.1) is 0 Å². The maximum absolute atomic E-state index is 12.4. The molecule has 0 aromatic carbocycles. The Bertz CT molecular complexity index is 1230.